The van der Waals surface area contributed by atoms with Crippen molar-refractivity contribution >= 4 is 11.8 Å². The van der Waals surface area contributed by atoms with Crippen molar-refractivity contribution in [3.05, 3.63) is 42.0 Å². The lowest BCUT2D eigenvalue weighted by Gasteiger charge is -1.95. The SMILES string of the molecule is CCc1noc(CSc2ccccc2)n1. The number of rotatable bonds is 4. The molecular formula is C11H12N2OS. The molecule has 0 aliphatic heterocycles. The molecule has 0 amide bonds. The van der Waals surface area contributed by atoms with Gasteiger partial charge in [0.25, 0.3) is 0 Å². The first-order valence-electron chi connectivity index (χ1n) is 4.88. The minimum absolute atomic E-state index is 0.695. The predicted octanol–water partition coefficient (Wildman–Crippen LogP) is 2.92. The quantitative estimate of drug-likeness (QED) is 0.743. The lowest BCUT2D eigenvalue weighted by Crippen LogP contribution is -1.83. The van der Waals surface area contributed by atoms with Crippen molar-refractivity contribution in [2.45, 2.75) is 24.0 Å². The van der Waals surface area contributed by atoms with Crippen LogP contribution in [-0.4, -0.2) is 10.1 Å². The van der Waals surface area contributed by atoms with Crippen LogP contribution < -0.4 is 0 Å². The van der Waals surface area contributed by atoms with E-state index >= 15 is 0 Å². The highest BCUT2D eigenvalue weighted by Crippen LogP contribution is 2.21. The molecule has 0 N–H and O–H groups in total. The summed E-state index contributed by atoms with van der Waals surface area (Å²) < 4.78 is 5.10. The second-order valence-corrected chi connectivity index (χ2v) is 4.11. The molecule has 2 aromatic rings. The highest BCUT2D eigenvalue weighted by Gasteiger charge is 2.04. The number of aromatic nitrogens is 2. The fourth-order valence-electron chi connectivity index (χ4n) is 1.15. The van der Waals surface area contributed by atoms with Crippen molar-refractivity contribution < 1.29 is 4.52 Å². The van der Waals surface area contributed by atoms with Gasteiger partial charge >= 0.3 is 0 Å². The van der Waals surface area contributed by atoms with Crippen LogP contribution in [-0.2, 0) is 12.2 Å². The van der Waals surface area contributed by atoms with E-state index in [1.807, 2.05) is 25.1 Å². The normalized spacial score (nSPS) is 10.5. The molecule has 0 aliphatic carbocycles. The average Bonchev–Trinajstić information content (AvgIpc) is 2.76. The molecule has 3 nitrogen and oxygen atoms in total. The van der Waals surface area contributed by atoms with E-state index in [2.05, 4.69) is 22.3 Å². The zero-order valence-corrected chi connectivity index (χ0v) is 9.33. The van der Waals surface area contributed by atoms with Crippen LogP contribution in [0, 0.1) is 0 Å². The van der Waals surface area contributed by atoms with Gasteiger partial charge in [-0.25, -0.2) is 0 Å². The Bertz CT molecular complexity index is 414. The van der Waals surface area contributed by atoms with E-state index in [0.717, 1.165) is 18.0 Å². The summed E-state index contributed by atoms with van der Waals surface area (Å²) in [5.74, 6) is 2.20. The molecule has 78 valence electrons. The van der Waals surface area contributed by atoms with Gasteiger partial charge in [0.15, 0.2) is 5.82 Å². The average molecular weight is 220 g/mol. The molecular weight excluding hydrogens is 208 g/mol. The zero-order valence-electron chi connectivity index (χ0n) is 8.51. The minimum Gasteiger partial charge on any atom is -0.338 e. The fourth-order valence-corrected chi connectivity index (χ4v) is 1.91. The smallest absolute Gasteiger partial charge is 0.237 e. The van der Waals surface area contributed by atoms with Crippen molar-refractivity contribution in [2.24, 2.45) is 0 Å². The third-order valence-corrected chi connectivity index (χ3v) is 2.93. The molecule has 0 unspecified atom stereocenters. The van der Waals surface area contributed by atoms with Crippen LogP contribution in [0.5, 0.6) is 0 Å². The topological polar surface area (TPSA) is 38.9 Å². The van der Waals surface area contributed by atoms with Gasteiger partial charge in [0.2, 0.25) is 5.89 Å². The number of thioether (sulfide) groups is 1. The number of aryl methyl sites for hydroxylation is 1. The number of nitrogens with zero attached hydrogens (tertiary/aromatic N) is 2. The largest absolute Gasteiger partial charge is 0.338 e. The molecule has 1 aromatic heterocycles. The van der Waals surface area contributed by atoms with Crippen LogP contribution in [0.15, 0.2) is 39.8 Å². The summed E-state index contributed by atoms with van der Waals surface area (Å²) >= 11 is 1.70. The van der Waals surface area contributed by atoms with E-state index in [0.29, 0.717) is 5.89 Å². The van der Waals surface area contributed by atoms with Crippen LogP contribution in [0.1, 0.15) is 18.6 Å². The molecule has 0 radical (unpaired) electrons. The molecule has 2 rings (SSSR count). The Morgan fingerprint density at radius 2 is 2.07 bits per heavy atom. The van der Waals surface area contributed by atoms with E-state index in [1.165, 1.54) is 4.90 Å². The van der Waals surface area contributed by atoms with Crippen molar-refractivity contribution in [1.82, 2.24) is 10.1 Å². The first kappa shape index (κ1) is 10.2. The van der Waals surface area contributed by atoms with Crippen molar-refractivity contribution in [2.75, 3.05) is 0 Å². The van der Waals surface area contributed by atoms with E-state index in [-0.39, 0.29) is 0 Å². The molecule has 0 spiro atoms. The Balaban J connectivity index is 1.93. The second-order valence-electron chi connectivity index (χ2n) is 3.06. The van der Waals surface area contributed by atoms with Crippen LogP contribution in [0.25, 0.3) is 0 Å². The standard InChI is InChI=1S/C11H12N2OS/c1-2-10-12-11(14-13-10)8-15-9-6-4-3-5-7-9/h3-7H,2,8H2,1H3. The van der Waals surface area contributed by atoms with Crippen LogP contribution in [0.3, 0.4) is 0 Å². The molecule has 0 atom stereocenters. The van der Waals surface area contributed by atoms with Crippen LogP contribution in [0.4, 0.5) is 0 Å². The van der Waals surface area contributed by atoms with E-state index < -0.39 is 0 Å². The van der Waals surface area contributed by atoms with Crippen LogP contribution >= 0.6 is 11.8 Å². The summed E-state index contributed by atoms with van der Waals surface area (Å²) in [7, 11) is 0. The van der Waals surface area contributed by atoms with Gasteiger partial charge in [-0.05, 0) is 12.1 Å². The number of hydrogen-bond donors (Lipinski definition) is 0. The molecule has 0 fully saturated rings. The van der Waals surface area contributed by atoms with Crippen molar-refractivity contribution in [1.29, 1.82) is 0 Å². The monoisotopic (exact) mass is 220 g/mol. The second kappa shape index (κ2) is 4.98. The predicted molar refractivity (Wildman–Crippen MR) is 59.7 cm³/mol. The maximum Gasteiger partial charge on any atom is 0.237 e. The molecule has 4 heteroatoms. The van der Waals surface area contributed by atoms with Gasteiger partial charge in [-0.3, -0.25) is 0 Å². The Morgan fingerprint density at radius 1 is 1.27 bits per heavy atom. The Kier molecular flexibility index (Phi) is 3.40. The summed E-state index contributed by atoms with van der Waals surface area (Å²) in [5, 5.41) is 3.85. The first-order valence-corrected chi connectivity index (χ1v) is 5.86. The Morgan fingerprint density at radius 3 is 2.73 bits per heavy atom. The number of hydrogen-bond acceptors (Lipinski definition) is 4. The summed E-state index contributed by atoms with van der Waals surface area (Å²) in [6.07, 6.45) is 0.819. The highest BCUT2D eigenvalue weighted by atomic mass is 32.2. The lowest BCUT2D eigenvalue weighted by molar-refractivity contribution is 0.385. The summed E-state index contributed by atoms with van der Waals surface area (Å²) in [4.78, 5) is 5.46. The molecule has 1 heterocycles. The Hall–Kier alpha value is -1.29. The van der Waals surface area contributed by atoms with Crippen molar-refractivity contribution in [3.63, 3.8) is 0 Å². The minimum atomic E-state index is 0.695. The lowest BCUT2D eigenvalue weighted by atomic mass is 10.4. The zero-order chi connectivity index (χ0) is 10.5. The maximum absolute atomic E-state index is 5.10. The third kappa shape index (κ3) is 2.83. The molecule has 15 heavy (non-hydrogen) atoms. The first-order chi connectivity index (χ1) is 7.38. The molecule has 0 saturated heterocycles. The maximum atomic E-state index is 5.10. The van der Waals surface area contributed by atoms with Gasteiger partial charge in [-0.15, -0.1) is 11.8 Å². The van der Waals surface area contributed by atoms with Gasteiger partial charge in [-0.2, -0.15) is 4.98 Å². The van der Waals surface area contributed by atoms with Crippen molar-refractivity contribution in [3.8, 4) is 0 Å². The van der Waals surface area contributed by atoms with E-state index in [4.69, 9.17) is 4.52 Å². The molecule has 1 aromatic carbocycles. The third-order valence-electron chi connectivity index (χ3n) is 1.93. The summed E-state index contributed by atoms with van der Waals surface area (Å²) in [6.45, 7) is 2.01. The van der Waals surface area contributed by atoms with Gasteiger partial charge < -0.3 is 4.52 Å². The summed E-state index contributed by atoms with van der Waals surface area (Å²) in [6, 6.07) is 10.2. The molecule has 0 aliphatic rings. The fraction of sp³-hybridized carbons (Fsp3) is 0.273. The van der Waals surface area contributed by atoms with Gasteiger partial charge in [0.1, 0.15) is 0 Å². The summed E-state index contributed by atoms with van der Waals surface area (Å²) in [5.41, 5.74) is 0. The molecule has 0 saturated carbocycles. The molecule has 0 bridgehead atoms. The van der Waals surface area contributed by atoms with Crippen LogP contribution in [0.2, 0.25) is 0 Å². The van der Waals surface area contributed by atoms with E-state index in [1.54, 1.807) is 11.8 Å². The highest BCUT2D eigenvalue weighted by molar-refractivity contribution is 7.98. The van der Waals surface area contributed by atoms with E-state index in [9.17, 15) is 0 Å². The number of benzene rings is 1. The van der Waals surface area contributed by atoms with Gasteiger partial charge in [0.05, 0.1) is 5.75 Å². The van der Waals surface area contributed by atoms with Gasteiger partial charge in [-0.1, -0.05) is 30.3 Å². The Labute approximate surface area is 92.9 Å². The van der Waals surface area contributed by atoms with Gasteiger partial charge in [0, 0.05) is 11.3 Å².